The highest BCUT2D eigenvalue weighted by Crippen LogP contribution is 2.35. The van der Waals surface area contributed by atoms with Crippen molar-refractivity contribution in [2.45, 2.75) is 25.9 Å². The van der Waals surface area contributed by atoms with Crippen molar-refractivity contribution < 1.29 is 9.53 Å². The number of ether oxygens (including phenoxy) is 1. The summed E-state index contributed by atoms with van der Waals surface area (Å²) in [4.78, 5) is 30.7. The number of aromatic nitrogens is 6. The Hall–Kier alpha value is -4.41. The van der Waals surface area contributed by atoms with Gasteiger partial charge < -0.3 is 15.0 Å². The Labute approximate surface area is 227 Å². The van der Waals surface area contributed by atoms with Gasteiger partial charge in [-0.15, -0.1) is 11.3 Å². The van der Waals surface area contributed by atoms with E-state index in [4.69, 9.17) is 9.72 Å². The zero-order valence-corrected chi connectivity index (χ0v) is 22.0. The molecule has 5 aromatic heterocycles. The summed E-state index contributed by atoms with van der Waals surface area (Å²) in [6.45, 7) is 3.53. The highest BCUT2D eigenvalue weighted by molar-refractivity contribution is 7.17. The summed E-state index contributed by atoms with van der Waals surface area (Å²) in [6.07, 6.45) is 7.56. The number of ketones is 1. The van der Waals surface area contributed by atoms with Crippen molar-refractivity contribution in [1.29, 1.82) is 0 Å². The molecular formula is C29H25N7O2S. The number of nitrogens with one attached hydrogen (secondary N) is 3. The van der Waals surface area contributed by atoms with Gasteiger partial charge in [0.2, 0.25) is 0 Å². The molecule has 0 aliphatic carbocycles. The maximum absolute atomic E-state index is 11.8. The number of pyridine rings is 2. The van der Waals surface area contributed by atoms with Crippen LogP contribution in [0.4, 0.5) is 0 Å². The van der Waals surface area contributed by atoms with Crippen LogP contribution in [0, 0.1) is 0 Å². The number of Topliss-reactive ketones (excluding diaryl/α,β-unsaturated/α-hetero) is 1. The molecule has 6 aromatic rings. The van der Waals surface area contributed by atoms with Gasteiger partial charge in [-0.05, 0) is 74.8 Å². The van der Waals surface area contributed by atoms with Crippen LogP contribution in [0.1, 0.15) is 29.4 Å². The van der Waals surface area contributed by atoms with E-state index < -0.39 is 0 Å². The summed E-state index contributed by atoms with van der Waals surface area (Å²) < 4.78 is 6.22. The first-order valence-electron chi connectivity index (χ1n) is 12.9. The third kappa shape index (κ3) is 4.47. The van der Waals surface area contributed by atoms with E-state index in [9.17, 15) is 4.79 Å². The second-order valence-electron chi connectivity index (χ2n) is 9.67. The number of fused-ring (bicyclic) bond motifs is 2. The van der Waals surface area contributed by atoms with Crippen LogP contribution in [0.3, 0.4) is 0 Å². The molecule has 0 bridgehead atoms. The molecule has 9 nitrogen and oxygen atoms in total. The molecular weight excluding hydrogens is 510 g/mol. The number of piperidine rings is 1. The molecule has 194 valence electrons. The van der Waals surface area contributed by atoms with Gasteiger partial charge >= 0.3 is 0 Å². The number of benzene rings is 1. The van der Waals surface area contributed by atoms with E-state index in [2.05, 4.69) is 42.6 Å². The topological polar surface area (TPSA) is 121 Å². The van der Waals surface area contributed by atoms with Crippen LogP contribution in [0.25, 0.3) is 55.2 Å². The Balaban J connectivity index is 1.25. The molecule has 10 heteroatoms. The highest BCUT2D eigenvalue weighted by Gasteiger charge is 2.18. The van der Waals surface area contributed by atoms with E-state index in [1.54, 1.807) is 19.3 Å². The van der Waals surface area contributed by atoms with Crippen LogP contribution in [0.15, 0.2) is 61.1 Å². The van der Waals surface area contributed by atoms with Crippen molar-refractivity contribution >= 4 is 39.2 Å². The molecule has 0 atom stereocenters. The van der Waals surface area contributed by atoms with E-state index in [-0.39, 0.29) is 11.9 Å². The lowest BCUT2D eigenvalue weighted by molar-refractivity contribution is 0.102. The number of aromatic amines is 2. The van der Waals surface area contributed by atoms with Crippen molar-refractivity contribution in [2.24, 2.45) is 0 Å². The summed E-state index contributed by atoms with van der Waals surface area (Å²) in [5, 5.41) is 12.0. The normalized spacial score (nSPS) is 14.3. The molecule has 1 fully saturated rings. The van der Waals surface area contributed by atoms with Crippen LogP contribution < -0.4 is 10.1 Å². The number of nitrogens with zero attached hydrogens (tertiary/aromatic N) is 4. The molecule has 0 spiro atoms. The van der Waals surface area contributed by atoms with Crippen LogP contribution in [0.5, 0.6) is 5.75 Å². The molecule has 0 saturated carbocycles. The molecule has 7 rings (SSSR count). The largest absolute Gasteiger partial charge is 0.489 e. The lowest BCUT2D eigenvalue weighted by Gasteiger charge is -2.23. The summed E-state index contributed by atoms with van der Waals surface area (Å²) in [6, 6.07) is 14.0. The lowest BCUT2D eigenvalue weighted by atomic mass is 10.0. The lowest BCUT2D eigenvalue weighted by Crippen LogP contribution is -2.34. The van der Waals surface area contributed by atoms with Gasteiger partial charge in [-0.3, -0.25) is 14.9 Å². The first-order chi connectivity index (χ1) is 19.1. The van der Waals surface area contributed by atoms with E-state index in [1.165, 1.54) is 11.3 Å². The number of imidazole rings is 1. The Morgan fingerprint density at radius 3 is 2.79 bits per heavy atom. The smallest absolute Gasteiger partial charge is 0.178 e. The first kappa shape index (κ1) is 23.7. The standard InChI is InChI=1S/C29H25N7O2S/c1-16(37)24-4-5-25(39-24)21-8-11-32-28-26(21)33-29(34-28)27-22-13-17(2-3-23(22)35-36-27)18-12-20(15-31-14-18)38-19-6-9-30-10-7-19/h2-5,8,11-15,19,30H,6-7,9-10H2,1H3,(H,35,36)(H,32,33,34). The van der Waals surface area contributed by atoms with Gasteiger partial charge in [0.25, 0.3) is 0 Å². The quantitative estimate of drug-likeness (QED) is 0.237. The number of rotatable bonds is 6. The van der Waals surface area contributed by atoms with Gasteiger partial charge in [0.1, 0.15) is 17.5 Å². The second kappa shape index (κ2) is 9.72. The average Bonchev–Trinajstić information content (AvgIpc) is 3.71. The van der Waals surface area contributed by atoms with E-state index in [0.29, 0.717) is 17.2 Å². The maximum atomic E-state index is 11.8. The van der Waals surface area contributed by atoms with E-state index in [1.807, 2.05) is 36.5 Å². The summed E-state index contributed by atoms with van der Waals surface area (Å²) in [5.74, 6) is 1.46. The number of carbonyl (C=O) groups excluding carboxylic acids is 1. The monoisotopic (exact) mass is 535 g/mol. The fourth-order valence-corrected chi connectivity index (χ4v) is 5.95. The van der Waals surface area contributed by atoms with Gasteiger partial charge in [0.15, 0.2) is 17.3 Å². The summed E-state index contributed by atoms with van der Waals surface area (Å²) in [7, 11) is 0. The van der Waals surface area contributed by atoms with Crippen LogP contribution in [0.2, 0.25) is 0 Å². The van der Waals surface area contributed by atoms with Crippen LogP contribution >= 0.6 is 11.3 Å². The number of hydrogen-bond donors (Lipinski definition) is 3. The van der Waals surface area contributed by atoms with Crippen LogP contribution in [-0.4, -0.2) is 55.1 Å². The van der Waals surface area contributed by atoms with Crippen molar-refractivity contribution in [3.63, 3.8) is 0 Å². The molecule has 1 aliphatic heterocycles. The minimum atomic E-state index is 0.0548. The minimum Gasteiger partial charge on any atom is -0.489 e. The highest BCUT2D eigenvalue weighted by atomic mass is 32.1. The Morgan fingerprint density at radius 1 is 1.05 bits per heavy atom. The summed E-state index contributed by atoms with van der Waals surface area (Å²) >= 11 is 1.46. The Bertz CT molecular complexity index is 1830. The zero-order chi connectivity index (χ0) is 26.3. The fourth-order valence-electron chi connectivity index (χ4n) is 5.02. The number of carbonyl (C=O) groups is 1. The van der Waals surface area contributed by atoms with E-state index in [0.717, 1.165) is 74.5 Å². The molecule has 3 N–H and O–H groups in total. The predicted octanol–water partition coefficient (Wildman–Crippen LogP) is 5.63. The number of hydrogen-bond acceptors (Lipinski definition) is 8. The van der Waals surface area contributed by atoms with Gasteiger partial charge in [-0.25, -0.2) is 9.97 Å². The maximum Gasteiger partial charge on any atom is 0.178 e. The molecule has 0 amide bonds. The molecule has 0 radical (unpaired) electrons. The fraction of sp³-hybridized carbons (Fsp3) is 0.207. The molecule has 1 aromatic carbocycles. The summed E-state index contributed by atoms with van der Waals surface area (Å²) in [5.41, 5.74) is 5.96. The van der Waals surface area contributed by atoms with Crippen LogP contribution in [-0.2, 0) is 0 Å². The zero-order valence-electron chi connectivity index (χ0n) is 21.2. The Morgan fingerprint density at radius 2 is 1.95 bits per heavy atom. The molecule has 6 heterocycles. The Kier molecular flexibility index (Phi) is 5.90. The third-order valence-electron chi connectivity index (χ3n) is 7.03. The van der Waals surface area contributed by atoms with Crippen molar-refractivity contribution in [2.75, 3.05) is 13.1 Å². The second-order valence-corrected chi connectivity index (χ2v) is 10.8. The SMILES string of the molecule is CC(=O)c1ccc(-c2ccnc3nc(-c4n[nH]c5ccc(-c6cncc(OC7CCNCC7)c6)cc45)[nH]c23)s1. The molecule has 1 aliphatic rings. The molecule has 1 saturated heterocycles. The molecule has 39 heavy (non-hydrogen) atoms. The van der Waals surface area contributed by atoms with Gasteiger partial charge in [0, 0.05) is 33.8 Å². The number of H-pyrrole nitrogens is 2. The number of thiophene rings is 1. The van der Waals surface area contributed by atoms with E-state index >= 15 is 0 Å². The van der Waals surface area contributed by atoms with Gasteiger partial charge in [-0.1, -0.05) is 6.07 Å². The average molecular weight is 536 g/mol. The minimum absolute atomic E-state index is 0.0548. The molecule has 0 unspecified atom stereocenters. The van der Waals surface area contributed by atoms with Gasteiger partial charge in [0.05, 0.1) is 22.1 Å². The third-order valence-corrected chi connectivity index (χ3v) is 8.25. The van der Waals surface area contributed by atoms with Crippen molar-refractivity contribution in [1.82, 2.24) is 35.5 Å². The predicted molar refractivity (Wildman–Crippen MR) is 152 cm³/mol. The van der Waals surface area contributed by atoms with Gasteiger partial charge in [-0.2, -0.15) is 5.10 Å². The first-order valence-corrected chi connectivity index (χ1v) is 13.7. The van der Waals surface area contributed by atoms with Crippen molar-refractivity contribution in [3.8, 4) is 38.8 Å². The van der Waals surface area contributed by atoms with Crippen molar-refractivity contribution in [3.05, 3.63) is 65.9 Å².